The van der Waals surface area contributed by atoms with Gasteiger partial charge in [0.05, 0.1) is 0 Å². The third-order valence-electron chi connectivity index (χ3n) is 5.07. The molecule has 0 saturated heterocycles. The van der Waals surface area contributed by atoms with Gasteiger partial charge in [-0.25, -0.2) is 0 Å². The van der Waals surface area contributed by atoms with Crippen molar-refractivity contribution in [2.75, 3.05) is 0 Å². The first-order valence-electron chi connectivity index (χ1n) is 8.23. The van der Waals surface area contributed by atoms with E-state index in [9.17, 15) is 0 Å². The minimum absolute atomic E-state index is 0.480. The second-order valence-corrected chi connectivity index (χ2v) is 7.86. The van der Waals surface area contributed by atoms with E-state index in [1.54, 1.807) is 0 Å². The third-order valence-corrected chi connectivity index (χ3v) is 5.07. The summed E-state index contributed by atoms with van der Waals surface area (Å²) in [5.41, 5.74) is 0.964. The first kappa shape index (κ1) is 18.0. The van der Waals surface area contributed by atoms with Crippen molar-refractivity contribution in [3.05, 3.63) is 0 Å². The van der Waals surface area contributed by atoms with E-state index in [0.29, 0.717) is 10.8 Å². The molecule has 0 N–H and O–H groups in total. The fourth-order valence-corrected chi connectivity index (χ4v) is 2.62. The maximum atomic E-state index is 2.48. The van der Waals surface area contributed by atoms with Crippen LogP contribution in [0.2, 0.25) is 0 Å². The first-order valence-corrected chi connectivity index (χ1v) is 8.23. The second-order valence-electron chi connectivity index (χ2n) is 7.86. The monoisotopic (exact) mass is 254 g/mol. The van der Waals surface area contributed by atoms with Crippen molar-refractivity contribution in [3.8, 4) is 0 Å². The maximum absolute atomic E-state index is 2.48. The Morgan fingerprint density at radius 1 is 0.722 bits per heavy atom. The van der Waals surface area contributed by atoms with Gasteiger partial charge in [-0.05, 0) is 29.6 Å². The molecule has 0 aromatic carbocycles. The van der Waals surface area contributed by atoms with E-state index in [0.717, 1.165) is 5.92 Å². The summed E-state index contributed by atoms with van der Waals surface area (Å²) < 4.78 is 0. The first-order chi connectivity index (χ1) is 8.23. The summed E-state index contributed by atoms with van der Waals surface area (Å²) in [6, 6.07) is 0. The Morgan fingerprint density at radius 3 is 1.67 bits per heavy atom. The number of hydrogen-bond acceptors (Lipinski definition) is 0. The number of unbranched alkanes of at least 4 members (excludes halogenated alkanes) is 3. The Hall–Kier alpha value is 0. The van der Waals surface area contributed by atoms with Crippen LogP contribution in [0.15, 0.2) is 0 Å². The van der Waals surface area contributed by atoms with E-state index in [-0.39, 0.29) is 0 Å². The molecule has 18 heavy (non-hydrogen) atoms. The summed E-state index contributed by atoms with van der Waals surface area (Å²) in [4.78, 5) is 0. The largest absolute Gasteiger partial charge is 0.0654 e. The molecule has 0 radical (unpaired) electrons. The van der Waals surface area contributed by atoms with Crippen LogP contribution in [-0.2, 0) is 0 Å². The van der Waals surface area contributed by atoms with Crippen molar-refractivity contribution in [2.24, 2.45) is 16.7 Å². The van der Waals surface area contributed by atoms with Gasteiger partial charge in [0.1, 0.15) is 0 Å². The van der Waals surface area contributed by atoms with E-state index in [2.05, 4.69) is 48.5 Å². The molecule has 0 amide bonds. The molecular formula is C18H38. The molecular weight excluding hydrogens is 216 g/mol. The smallest absolute Gasteiger partial charge is 0.0303 e. The van der Waals surface area contributed by atoms with Crippen molar-refractivity contribution in [1.29, 1.82) is 0 Å². The molecule has 0 unspecified atom stereocenters. The molecule has 0 atom stereocenters. The lowest BCUT2D eigenvalue weighted by atomic mass is 9.63. The summed E-state index contributed by atoms with van der Waals surface area (Å²) >= 11 is 0. The van der Waals surface area contributed by atoms with Crippen LogP contribution in [0, 0.1) is 16.7 Å². The number of hydrogen-bond donors (Lipinski definition) is 0. The highest BCUT2D eigenvalue weighted by Gasteiger charge is 2.35. The Morgan fingerprint density at radius 2 is 1.22 bits per heavy atom. The third kappa shape index (κ3) is 6.81. The standard InChI is InChI=1S/C18H38/c1-8-9-10-11-14-17(4,5)18(6,7)15-12-13-16(2)3/h16H,8-15H2,1-7H3. The van der Waals surface area contributed by atoms with Crippen molar-refractivity contribution in [3.63, 3.8) is 0 Å². The number of rotatable bonds is 10. The van der Waals surface area contributed by atoms with Crippen LogP contribution < -0.4 is 0 Å². The molecule has 0 spiro atoms. The summed E-state index contributed by atoms with van der Waals surface area (Å²) in [7, 11) is 0. The zero-order valence-electron chi connectivity index (χ0n) is 14.2. The van der Waals surface area contributed by atoms with Crippen molar-refractivity contribution >= 4 is 0 Å². The highest BCUT2D eigenvalue weighted by molar-refractivity contribution is 4.85. The molecule has 0 aliphatic rings. The van der Waals surface area contributed by atoms with Crippen molar-refractivity contribution in [1.82, 2.24) is 0 Å². The van der Waals surface area contributed by atoms with E-state index >= 15 is 0 Å². The van der Waals surface area contributed by atoms with Gasteiger partial charge in [0.2, 0.25) is 0 Å². The maximum Gasteiger partial charge on any atom is -0.0303 e. The van der Waals surface area contributed by atoms with Crippen LogP contribution in [-0.4, -0.2) is 0 Å². The van der Waals surface area contributed by atoms with Gasteiger partial charge in [0.25, 0.3) is 0 Å². The molecule has 0 aliphatic carbocycles. The molecule has 0 heteroatoms. The quantitative estimate of drug-likeness (QED) is 0.374. The molecule has 0 nitrogen and oxygen atoms in total. The molecule has 0 fully saturated rings. The molecule has 0 bridgehead atoms. The molecule has 0 heterocycles. The van der Waals surface area contributed by atoms with Crippen LogP contribution in [0.4, 0.5) is 0 Å². The van der Waals surface area contributed by atoms with Gasteiger partial charge in [-0.3, -0.25) is 0 Å². The normalized spacial score (nSPS) is 13.3. The average Bonchev–Trinajstić information content (AvgIpc) is 2.23. The lowest BCUT2D eigenvalue weighted by molar-refractivity contribution is 0.0806. The predicted octanol–water partition coefficient (Wildman–Crippen LogP) is 6.84. The fraction of sp³-hybridized carbons (Fsp3) is 1.00. The lowest BCUT2D eigenvalue weighted by Gasteiger charge is -2.42. The van der Waals surface area contributed by atoms with E-state index < -0.39 is 0 Å². The van der Waals surface area contributed by atoms with E-state index in [4.69, 9.17) is 0 Å². The minimum atomic E-state index is 0.480. The van der Waals surface area contributed by atoms with Gasteiger partial charge in [-0.1, -0.05) is 87.0 Å². The zero-order valence-corrected chi connectivity index (χ0v) is 14.2. The SMILES string of the molecule is CCCCCCC(C)(C)C(C)(C)CCCC(C)C. The molecule has 0 aromatic heterocycles. The van der Waals surface area contributed by atoms with Gasteiger partial charge < -0.3 is 0 Å². The average molecular weight is 255 g/mol. The summed E-state index contributed by atoms with van der Waals surface area (Å²) in [5, 5.41) is 0. The highest BCUT2D eigenvalue weighted by atomic mass is 14.4. The summed E-state index contributed by atoms with van der Waals surface area (Å²) in [5.74, 6) is 0.855. The summed E-state index contributed by atoms with van der Waals surface area (Å²) in [6.45, 7) is 16.9. The molecule has 0 rings (SSSR count). The van der Waals surface area contributed by atoms with Gasteiger partial charge in [-0.2, -0.15) is 0 Å². The van der Waals surface area contributed by atoms with Crippen molar-refractivity contribution in [2.45, 2.75) is 99.8 Å². The Balaban J connectivity index is 4.10. The highest BCUT2D eigenvalue weighted by Crippen LogP contribution is 2.46. The Kier molecular flexibility index (Phi) is 8.23. The van der Waals surface area contributed by atoms with E-state index in [1.165, 1.54) is 51.4 Å². The fourth-order valence-electron chi connectivity index (χ4n) is 2.62. The van der Waals surface area contributed by atoms with Crippen LogP contribution in [0.3, 0.4) is 0 Å². The van der Waals surface area contributed by atoms with E-state index in [1.807, 2.05) is 0 Å². The Labute approximate surface area is 117 Å². The van der Waals surface area contributed by atoms with Crippen LogP contribution in [0.1, 0.15) is 99.8 Å². The van der Waals surface area contributed by atoms with Crippen LogP contribution >= 0.6 is 0 Å². The topological polar surface area (TPSA) is 0 Å². The predicted molar refractivity (Wildman–Crippen MR) is 85.0 cm³/mol. The van der Waals surface area contributed by atoms with Crippen molar-refractivity contribution < 1.29 is 0 Å². The van der Waals surface area contributed by atoms with Gasteiger partial charge in [0, 0.05) is 0 Å². The summed E-state index contributed by atoms with van der Waals surface area (Å²) in [6.07, 6.45) is 11.1. The van der Waals surface area contributed by atoms with Gasteiger partial charge >= 0.3 is 0 Å². The van der Waals surface area contributed by atoms with Gasteiger partial charge in [0.15, 0.2) is 0 Å². The zero-order chi connectivity index (χ0) is 14.2. The minimum Gasteiger partial charge on any atom is -0.0654 e. The Bertz CT molecular complexity index is 198. The lowest BCUT2D eigenvalue weighted by Crippen LogP contribution is -2.32. The molecule has 0 saturated carbocycles. The molecule has 0 aliphatic heterocycles. The van der Waals surface area contributed by atoms with Crippen LogP contribution in [0.25, 0.3) is 0 Å². The second kappa shape index (κ2) is 8.23. The molecule has 110 valence electrons. The molecule has 0 aromatic rings. The van der Waals surface area contributed by atoms with Crippen LogP contribution in [0.5, 0.6) is 0 Å². The van der Waals surface area contributed by atoms with Gasteiger partial charge in [-0.15, -0.1) is 0 Å².